The van der Waals surface area contributed by atoms with Crippen LogP contribution in [0.1, 0.15) is 40.4 Å². The molecule has 0 radical (unpaired) electrons. The van der Waals surface area contributed by atoms with Crippen molar-refractivity contribution in [2.75, 3.05) is 19.8 Å². The molecule has 1 aromatic carbocycles. The lowest BCUT2D eigenvalue weighted by Crippen LogP contribution is -2.33. The minimum atomic E-state index is -4.46. The van der Waals surface area contributed by atoms with E-state index in [4.69, 9.17) is 4.74 Å². The molecule has 1 aromatic heterocycles. The Morgan fingerprint density at radius 3 is 2.44 bits per heavy atom. The van der Waals surface area contributed by atoms with Crippen LogP contribution in [-0.4, -0.2) is 30.6 Å². The summed E-state index contributed by atoms with van der Waals surface area (Å²) in [5.74, 6) is -0.0998. The van der Waals surface area contributed by atoms with Crippen molar-refractivity contribution < 1.29 is 22.7 Å². The number of nitrogens with one attached hydrogen (secondary N) is 1. The fraction of sp³-hybridized carbons (Fsp3) is 0.400. The van der Waals surface area contributed by atoms with Crippen molar-refractivity contribution in [1.82, 2.24) is 10.3 Å². The number of pyridine rings is 1. The molecule has 2 aromatic rings. The van der Waals surface area contributed by atoms with E-state index in [9.17, 15) is 18.0 Å². The molecule has 1 unspecified atom stereocenters. The SMILES string of the molecule is O=C(NCC(c1ccc(C(F)(F)F)nc1)C1CCOCC1)c1ccccc1. The second-order valence-electron chi connectivity index (χ2n) is 6.61. The number of nitrogens with zero attached hydrogens (tertiary/aromatic N) is 1. The third-order valence-corrected chi connectivity index (χ3v) is 4.86. The van der Waals surface area contributed by atoms with Crippen molar-refractivity contribution >= 4 is 5.91 Å². The number of alkyl halides is 3. The van der Waals surface area contributed by atoms with Crippen LogP contribution in [0.15, 0.2) is 48.7 Å². The predicted octanol–water partition coefficient (Wildman–Crippen LogP) is 4.04. The number of hydrogen-bond acceptors (Lipinski definition) is 3. The molecule has 144 valence electrons. The maximum atomic E-state index is 12.8. The lowest BCUT2D eigenvalue weighted by atomic mass is 9.81. The second-order valence-corrected chi connectivity index (χ2v) is 6.61. The molecule has 1 atom stereocenters. The Morgan fingerprint density at radius 2 is 1.85 bits per heavy atom. The summed E-state index contributed by atoms with van der Waals surface area (Å²) in [5.41, 5.74) is 0.335. The lowest BCUT2D eigenvalue weighted by molar-refractivity contribution is -0.141. The third kappa shape index (κ3) is 5.07. The number of amides is 1. The van der Waals surface area contributed by atoms with E-state index >= 15 is 0 Å². The van der Waals surface area contributed by atoms with Crippen molar-refractivity contribution in [2.45, 2.75) is 24.9 Å². The van der Waals surface area contributed by atoms with Gasteiger partial charge in [-0.15, -0.1) is 0 Å². The Bertz CT molecular complexity index is 742. The molecule has 1 amide bonds. The number of halogens is 3. The summed E-state index contributed by atoms with van der Waals surface area (Å²) in [5, 5.41) is 2.91. The van der Waals surface area contributed by atoms with E-state index in [0.717, 1.165) is 18.9 Å². The van der Waals surface area contributed by atoms with Crippen LogP contribution < -0.4 is 5.32 Å². The number of aromatic nitrogens is 1. The van der Waals surface area contributed by atoms with Gasteiger partial charge in [-0.3, -0.25) is 9.78 Å². The lowest BCUT2D eigenvalue weighted by Gasteiger charge is -2.31. The standard InChI is InChI=1S/C20H21F3N2O2/c21-20(22,23)18-7-6-16(12-24-18)17(14-8-10-27-11-9-14)13-25-19(26)15-4-2-1-3-5-15/h1-7,12,14,17H,8-11,13H2,(H,25,26). The number of benzene rings is 1. The Kier molecular flexibility index (Phi) is 6.11. The van der Waals surface area contributed by atoms with Crippen molar-refractivity contribution in [3.63, 3.8) is 0 Å². The van der Waals surface area contributed by atoms with Gasteiger partial charge in [-0.2, -0.15) is 13.2 Å². The number of rotatable bonds is 5. The summed E-state index contributed by atoms with van der Waals surface area (Å²) in [6.07, 6.45) is -1.59. The molecular formula is C20H21F3N2O2. The summed E-state index contributed by atoms with van der Waals surface area (Å²) in [6, 6.07) is 11.3. The van der Waals surface area contributed by atoms with Crippen LogP contribution in [0.25, 0.3) is 0 Å². The zero-order valence-corrected chi connectivity index (χ0v) is 14.7. The molecular weight excluding hydrogens is 357 g/mol. The van der Waals surface area contributed by atoms with Gasteiger partial charge in [0.15, 0.2) is 0 Å². The van der Waals surface area contributed by atoms with Crippen LogP contribution in [0.5, 0.6) is 0 Å². The van der Waals surface area contributed by atoms with Crippen LogP contribution in [0, 0.1) is 5.92 Å². The van der Waals surface area contributed by atoms with Gasteiger partial charge in [-0.1, -0.05) is 24.3 Å². The van der Waals surface area contributed by atoms with Gasteiger partial charge in [-0.05, 0) is 42.5 Å². The van der Waals surface area contributed by atoms with Gasteiger partial charge < -0.3 is 10.1 Å². The Labute approximate surface area is 155 Å². The highest BCUT2D eigenvalue weighted by atomic mass is 19.4. The van der Waals surface area contributed by atoms with Gasteiger partial charge >= 0.3 is 6.18 Å². The van der Waals surface area contributed by atoms with Crippen LogP contribution >= 0.6 is 0 Å². The Balaban J connectivity index is 1.75. The summed E-state index contributed by atoms with van der Waals surface area (Å²) >= 11 is 0. The number of carbonyl (C=O) groups is 1. The molecule has 4 nitrogen and oxygen atoms in total. The van der Waals surface area contributed by atoms with E-state index in [1.165, 1.54) is 12.3 Å². The zero-order chi connectivity index (χ0) is 19.3. The van der Waals surface area contributed by atoms with Crippen molar-refractivity contribution in [3.8, 4) is 0 Å². The van der Waals surface area contributed by atoms with E-state index in [1.54, 1.807) is 24.3 Å². The average molecular weight is 378 g/mol. The number of ether oxygens (including phenoxy) is 1. The topological polar surface area (TPSA) is 51.2 Å². The first-order valence-electron chi connectivity index (χ1n) is 8.89. The Morgan fingerprint density at radius 1 is 1.15 bits per heavy atom. The Hall–Kier alpha value is -2.41. The summed E-state index contributed by atoms with van der Waals surface area (Å²) < 4.78 is 43.7. The molecule has 0 spiro atoms. The predicted molar refractivity (Wildman–Crippen MR) is 94.3 cm³/mol. The van der Waals surface area contributed by atoms with Gasteiger partial charge in [0.05, 0.1) is 0 Å². The maximum Gasteiger partial charge on any atom is 0.433 e. The van der Waals surface area contributed by atoms with Crippen molar-refractivity contribution in [3.05, 3.63) is 65.5 Å². The number of hydrogen-bond donors (Lipinski definition) is 1. The van der Waals surface area contributed by atoms with Gasteiger partial charge in [0, 0.05) is 37.4 Å². The molecule has 2 heterocycles. The van der Waals surface area contributed by atoms with Gasteiger partial charge in [0.25, 0.3) is 5.91 Å². The van der Waals surface area contributed by atoms with Gasteiger partial charge in [0.1, 0.15) is 5.69 Å². The highest BCUT2D eigenvalue weighted by Gasteiger charge is 2.33. The maximum absolute atomic E-state index is 12.8. The fourth-order valence-electron chi connectivity index (χ4n) is 3.36. The minimum absolute atomic E-state index is 0.114. The van der Waals surface area contributed by atoms with E-state index in [-0.39, 0.29) is 17.7 Å². The first-order chi connectivity index (χ1) is 12.9. The average Bonchev–Trinajstić information content (AvgIpc) is 2.69. The molecule has 1 aliphatic heterocycles. The molecule has 3 rings (SSSR count). The zero-order valence-electron chi connectivity index (χ0n) is 14.7. The normalized spacial score (nSPS) is 16.7. The molecule has 27 heavy (non-hydrogen) atoms. The van der Waals surface area contributed by atoms with Crippen LogP contribution in [-0.2, 0) is 10.9 Å². The van der Waals surface area contributed by atoms with Crippen LogP contribution in [0.3, 0.4) is 0 Å². The quantitative estimate of drug-likeness (QED) is 0.854. The molecule has 1 aliphatic rings. The van der Waals surface area contributed by atoms with Crippen molar-refractivity contribution in [2.24, 2.45) is 5.92 Å². The summed E-state index contributed by atoms with van der Waals surface area (Å²) in [4.78, 5) is 15.9. The third-order valence-electron chi connectivity index (χ3n) is 4.86. The van der Waals surface area contributed by atoms with Gasteiger partial charge in [0.2, 0.25) is 0 Å². The van der Waals surface area contributed by atoms with E-state index in [0.29, 0.717) is 30.9 Å². The highest BCUT2D eigenvalue weighted by molar-refractivity contribution is 5.94. The molecule has 1 saturated heterocycles. The summed E-state index contributed by atoms with van der Waals surface area (Å²) in [6.45, 7) is 1.56. The summed E-state index contributed by atoms with van der Waals surface area (Å²) in [7, 11) is 0. The van der Waals surface area contributed by atoms with E-state index < -0.39 is 11.9 Å². The van der Waals surface area contributed by atoms with Gasteiger partial charge in [-0.25, -0.2) is 0 Å². The monoisotopic (exact) mass is 378 g/mol. The molecule has 7 heteroatoms. The van der Waals surface area contributed by atoms with Crippen LogP contribution in [0.2, 0.25) is 0 Å². The molecule has 0 saturated carbocycles. The first-order valence-corrected chi connectivity index (χ1v) is 8.89. The number of carbonyl (C=O) groups excluding carboxylic acids is 1. The first kappa shape index (κ1) is 19.4. The van der Waals surface area contributed by atoms with E-state index in [2.05, 4.69) is 10.3 Å². The minimum Gasteiger partial charge on any atom is -0.381 e. The smallest absolute Gasteiger partial charge is 0.381 e. The molecule has 1 N–H and O–H groups in total. The largest absolute Gasteiger partial charge is 0.433 e. The van der Waals surface area contributed by atoms with Crippen molar-refractivity contribution in [1.29, 1.82) is 0 Å². The van der Waals surface area contributed by atoms with E-state index in [1.807, 2.05) is 6.07 Å². The second kappa shape index (κ2) is 8.52. The highest BCUT2D eigenvalue weighted by Crippen LogP contribution is 2.33. The van der Waals surface area contributed by atoms with Crippen LogP contribution in [0.4, 0.5) is 13.2 Å². The molecule has 1 fully saturated rings. The molecule has 0 bridgehead atoms. The fourth-order valence-corrected chi connectivity index (χ4v) is 3.36. The molecule has 0 aliphatic carbocycles.